The molecule has 5 atom stereocenters. The zero-order chi connectivity index (χ0) is 25.3. The van der Waals surface area contributed by atoms with E-state index in [0.29, 0.717) is 16.8 Å². The molecule has 3 aromatic rings. The summed E-state index contributed by atoms with van der Waals surface area (Å²) in [4.78, 5) is 28.3. The predicted octanol–water partition coefficient (Wildman–Crippen LogP) is 0.276. The van der Waals surface area contributed by atoms with Crippen molar-refractivity contribution in [1.82, 2.24) is 14.6 Å². The number of aliphatic hydroxyl groups is 2. The Labute approximate surface area is 199 Å². The molecule has 35 heavy (non-hydrogen) atoms. The summed E-state index contributed by atoms with van der Waals surface area (Å²) >= 11 is 0. The predicted molar refractivity (Wildman–Crippen MR) is 121 cm³/mol. The van der Waals surface area contributed by atoms with Gasteiger partial charge < -0.3 is 30.7 Å². The highest BCUT2D eigenvalue weighted by Gasteiger charge is 2.55. The zero-order valence-electron chi connectivity index (χ0n) is 19.1. The number of nitrogens with two attached hydrogens (primary N) is 1. The number of hydrogen-bond acceptors (Lipinski definition) is 9. The molecule has 1 saturated heterocycles. The van der Waals surface area contributed by atoms with Crippen LogP contribution in [0.3, 0.4) is 0 Å². The SMILES string of the molecule is CC(=O)O[C@H]1[C@@H](O)[C@](C)(c2ccc3c(NC(=O)[C@@H](N)Cc4ccc(F)cc4)ncnn23)O[C@@H]1CO. The molecule has 1 aromatic carbocycles. The van der Waals surface area contributed by atoms with Crippen molar-refractivity contribution in [3.8, 4) is 0 Å². The summed E-state index contributed by atoms with van der Waals surface area (Å²) < 4.78 is 25.6. The van der Waals surface area contributed by atoms with Crippen LogP contribution >= 0.6 is 0 Å². The molecular formula is C23H26FN5O6. The van der Waals surface area contributed by atoms with Crippen LogP contribution in [0, 0.1) is 5.82 Å². The quantitative estimate of drug-likeness (QED) is 0.343. The lowest BCUT2D eigenvalue weighted by Gasteiger charge is -2.27. The van der Waals surface area contributed by atoms with Crippen molar-refractivity contribution in [3.63, 3.8) is 0 Å². The van der Waals surface area contributed by atoms with E-state index in [1.54, 1.807) is 31.2 Å². The average Bonchev–Trinajstić information content (AvgIpc) is 3.36. The van der Waals surface area contributed by atoms with E-state index < -0.39 is 48.4 Å². The summed E-state index contributed by atoms with van der Waals surface area (Å²) in [5.74, 6) is -1.33. The molecule has 11 nitrogen and oxygen atoms in total. The summed E-state index contributed by atoms with van der Waals surface area (Å²) in [7, 11) is 0. The maximum Gasteiger partial charge on any atom is 0.303 e. The van der Waals surface area contributed by atoms with Crippen molar-refractivity contribution in [3.05, 3.63) is 59.8 Å². The van der Waals surface area contributed by atoms with Gasteiger partial charge >= 0.3 is 5.97 Å². The third-order valence-electron chi connectivity index (χ3n) is 6.03. The number of anilines is 1. The molecule has 1 fully saturated rings. The average molecular weight is 487 g/mol. The third kappa shape index (κ3) is 4.73. The number of esters is 1. The lowest BCUT2D eigenvalue weighted by Crippen LogP contribution is -2.41. The number of carbonyl (C=O) groups excluding carboxylic acids is 2. The van der Waals surface area contributed by atoms with Gasteiger partial charge in [-0.2, -0.15) is 5.10 Å². The number of nitrogens with one attached hydrogen (secondary N) is 1. The molecule has 0 aliphatic carbocycles. The van der Waals surface area contributed by atoms with Gasteiger partial charge in [-0.15, -0.1) is 0 Å². The van der Waals surface area contributed by atoms with Gasteiger partial charge in [-0.1, -0.05) is 12.1 Å². The number of aliphatic hydroxyl groups excluding tert-OH is 2. The molecule has 3 heterocycles. The maximum absolute atomic E-state index is 13.1. The van der Waals surface area contributed by atoms with Gasteiger partial charge in [0.1, 0.15) is 35.5 Å². The second-order valence-electron chi connectivity index (χ2n) is 8.52. The highest BCUT2D eigenvalue weighted by Crippen LogP contribution is 2.41. The maximum atomic E-state index is 13.1. The van der Waals surface area contributed by atoms with E-state index in [2.05, 4.69) is 15.4 Å². The minimum Gasteiger partial charge on any atom is -0.457 e. The number of amides is 1. The molecule has 2 aromatic heterocycles. The zero-order valence-corrected chi connectivity index (χ0v) is 19.1. The number of ether oxygens (including phenoxy) is 2. The number of halogens is 1. The molecule has 0 unspecified atom stereocenters. The van der Waals surface area contributed by atoms with Crippen LogP contribution in [0.2, 0.25) is 0 Å². The van der Waals surface area contributed by atoms with E-state index in [1.807, 2.05) is 0 Å². The largest absolute Gasteiger partial charge is 0.457 e. The van der Waals surface area contributed by atoms with Crippen LogP contribution in [-0.4, -0.2) is 67.6 Å². The number of benzene rings is 1. The fraction of sp³-hybridized carbons (Fsp3) is 0.391. The molecule has 1 aliphatic rings. The van der Waals surface area contributed by atoms with Crippen LogP contribution in [-0.2, 0) is 31.1 Å². The molecule has 1 aliphatic heterocycles. The Morgan fingerprint density at radius 1 is 1.31 bits per heavy atom. The molecule has 1 amide bonds. The van der Waals surface area contributed by atoms with E-state index in [1.165, 1.54) is 29.9 Å². The molecule has 0 saturated carbocycles. The highest BCUT2D eigenvalue weighted by molar-refractivity contribution is 5.97. The van der Waals surface area contributed by atoms with Crippen LogP contribution in [0.4, 0.5) is 10.2 Å². The second-order valence-corrected chi connectivity index (χ2v) is 8.52. The third-order valence-corrected chi connectivity index (χ3v) is 6.03. The Hall–Kier alpha value is -3.45. The van der Waals surface area contributed by atoms with E-state index in [9.17, 15) is 24.2 Å². The summed E-state index contributed by atoms with van der Waals surface area (Å²) in [5.41, 5.74) is 6.13. The van der Waals surface area contributed by atoms with Crippen LogP contribution in [0.15, 0.2) is 42.7 Å². The summed E-state index contributed by atoms with van der Waals surface area (Å²) in [6.07, 6.45) is -1.93. The normalized spacial score (nSPS) is 24.9. The number of carbonyl (C=O) groups is 2. The van der Waals surface area contributed by atoms with Crippen molar-refractivity contribution in [2.45, 2.75) is 50.2 Å². The molecule has 186 valence electrons. The molecule has 0 radical (unpaired) electrons. The van der Waals surface area contributed by atoms with Gasteiger partial charge in [0.2, 0.25) is 5.91 Å². The summed E-state index contributed by atoms with van der Waals surface area (Å²) in [5, 5.41) is 27.5. The van der Waals surface area contributed by atoms with Crippen molar-refractivity contribution in [2.75, 3.05) is 11.9 Å². The first kappa shape index (κ1) is 24.7. The van der Waals surface area contributed by atoms with Crippen LogP contribution in [0.5, 0.6) is 0 Å². The first-order valence-electron chi connectivity index (χ1n) is 10.9. The number of nitrogens with zero attached hydrogens (tertiary/aromatic N) is 3. The van der Waals surface area contributed by atoms with Gasteiger partial charge in [-0.3, -0.25) is 9.59 Å². The molecule has 4 rings (SSSR count). The van der Waals surface area contributed by atoms with Crippen molar-refractivity contribution in [1.29, 1.82) is 0 Å². The number of aromatic nitrogens is 3. The van der Waals surface area contributed by atoms with Crippen LogP contribution in [0.25, 0.3) is 5.52 Å². The number of fused-ring (bicyclic) bond motifs is 1. The van der Waals surface area contributed by atoms with Gasteiger partial charge in [0.15, 0.2) is 11.9 Å². The highest BCUT2D eigenvalue weighted by atomic mass is 19.1. The number of rotatable bonds is 7. The van der Waals surface area contributed by atoms with Gasteiger partial charge in [-0.05, 0) is 43.2 Å². The van der Waals surface area contributed by atoms with Gasteiger partial charge in [0.25, 0.3) is 0 Å². The van der Waals surface area contributed by atoms with Gasteiger partial charge in [0, 0.05) is 6.92 Å². The van der Waals surface area contributed by atoms with Gasteiger partial charge in [0.05, 0.1) is 18.3 Å². The fourth-order valence-corrected chi connectivity index (χ4v) is 4.24. The standard InChI is InChI=1S/C23H26FN5O6/c1-12(31)34-19-17(10-30)35-23(2,20(19)32)18-8-7-16-21(26-11-27-29(16)18)28-22(33)15(25)9-13-3-5-14(24)6-4-13/h3-8,11,15,17,19-20,30,32H,9-10,25H2,1-2H3,(H,26,27,28,33)/t15-,17+,19+,20+,23-/m0/s1. The first-order chi connectivity index (χ1) is 16.6. The van der Waals surface area contributed by atoms with Crippen LogP contribution in [0.1, 0.15) is 25.1 Å². The van der Waals surface area contributed by atoms with Crippen LogP contribution < -0.4 is 11.1 Å². The minimum atomic E-state index is -1.39. The smallest absolute Gasteiger partial charge is 0.303 e. The van der Waals surface area contributed by atoms with E-state index in [-0.39, 0.29) is 18.1 Å². The Morgan fingerprint density at radius 2 is 2.03 bits per heavy atom. The van der Waals surface area contributed by atoms with Crippen molar-refractivity contribution >= 4 is 23.2 Å². The van der Waals surface area contributed by atoms with E-state index in [4.69, 9.17) is 15.2 Å². The Bertz CT molecular complexity index is 1230. The molecule has 5 N–H and O–H groups in total. The fourth-order valence-electron chi connectivity index (χ4n) is 4.24. The molecule has 0 bridgehead atoms. The lowest BCUT2D eigenvalue weighted by molar-refractivity contribution is -0.153. The molecular weight excluding hydrogens is 461 g/mol. The van der Waals surface area contributed by atoms with E-state index in [0.717, 1.165) is 0 Å². The Kier molecular flexibility index (Phi) is 6.81. The lowest BCUT2D eigenvalue weighted by atomic mass is 9.93. The van der Waals surface area contributed by atoms with E-state index >= 15 is 0 Å². The second kappa shape index (κ2) is 9.66. The minimum absolute atomic E-state index is 0.178. The summed E-state index contributed by atoms with van der Waals surface area (Å²) in [6, 6.07) is 8.04. The van der Waals surface area contributed by atoms with Crippen molar-refractivity contribution < 1.29 is 33.7 Å². The molecule has 12 heteroatoms. The number of hydrogen-bond donors (Lipinski definition) is 4. The molecule has 0 spiro atoms. The first-order valence-corrected chi connectivity index (χ1v) is 10.9. The topological polar surface area (TPSA) is 161 Å². The Balaban J connectivity index is 1.58. The van der Waals surface area contributed by atoms with Crippen molar-refractivity contribution in [2.24, 2.45) is 5.73 Å². The summed E-state index contributed by atoms with van der Waals surface area (Å²) in [6.45, 7) is 2.31. The Morgan fingerprint density at radius 3 is 2.69 bits per heavy atom. The monoisotopic (exact) mass is 487 g/mol. The van der Waals surface area contributed by atoms with Gasteiger partial charge in [-0.25, -0.2) is 13.9 Å².